The van der Waals surface area contributed by atoms with Crippen LogP contribution in [0.3, 0.4) is 0 Å². The van der Waals surface area contributed by atoms with Crippen molar-refractivity contribution in [2.75, 3.05) is 0 Å². The fourth-order valence-corrected chi connectivity index (χ4v) is 22.6. The summed E-state index contributed by atoms with van der Waals surface area (Å²) in [6.45, 7) is 8.91. The van der Waals surface area contributed by atoms with Gasteiger partial charge in [0.05, 0.1) is 20.2 Å². The number of halogens is 4. The van der Waals surface area contributed by atoms with Gasteiger partial charge in [-0.25, -0.2) is 17.6 Å². The number of fused-ring (bicyclic) bond motifs is 12. The number of benzene rings is 7. The Bertz CT molecular complexity index is 5270. The van der Waals surface area contributed by atoms with Crippen molar-refractivity contribution in [3.05, 3.63) is 290 Å². The first-order valence-corrected chi connectivity index (χ1v) is 41.3. The average molecular weight is 1500 g/mol. The van der Waals surface area contributed by atoms with Crippen LogP contribution in [-0.4, -0.2) is 11.6 Å². The van der Waals surface area contributed by atoms with Gasteiger partial charge in [0.1, 0.15) is 35.4 Å². The molecule has 0 aliphatic heterocycles. The fraction of sp³-hybridized carbons (Fsp3) is 0.277. The number of rotatable bonds is 26. The maximum absolute atomic E-state index is 15.2. The number of carbonyl (C=O) groups excluding carboxylic acids is 2. The molecule has 0 spiro atoms. The van der Waals surface area contributed by atoms with E-state index in [9.17, 15) is 30.6 Å². The second-order valence-electron chi connectivity index (χ2n) is 29.1. The SMILES string of the molecule is CCCCCCc1ccc(C2(c3ccc(CCCCCC)cc3)c3cc4c(cc3-c3sc5cc(C=C6C(=O)c7cc(F)c(F)cc7C6=C(C#N)C#N)sc5c32)C(c2ccc(CCCCCC)cc2)(c2ccc(CCCCCC)cc2)c2c-4sc3cc(/C=C4\C(=O)c5cc(F)c(F)cc5C4=C(C#N)C#N)sc23)cc1. The van der Waals surface area contributed by atoms with Gasteiger partial charge in [0.25, 0.3) is 0 Å². The Kier molecular flexibility index (Phi) is 20.9. The van der Waals surface area contributed by atoms with Gasteiger partial charge >= 0.3 is 0 Å². The van der Waals surface area contributed by atoms with Crippen LogP contribution in [0.5, 0.6) is 0 Å². The second kappa shape index (κ2) is 30.8. The Morgan fingerprint density at radius 3 is 0.926 bits per heavy atom. The summed E-state index contributed by atoms with van der Waals surface area (Å²) in [7, 11) is 0. The molecule has 4 aliphatic carbocycles. The van der Waals surface area contributed by atoms with Crippen LogP contribution >= 0.6 is 45.3 Å². The maximum atomic E-state index is 15.2. The van der Waals surface area contributed by atoms with Gasteiger partial charge in [0.2, 0.25) is 0 Å². The van der Waals surface area contributed by atoms with Crippen molar-refractivity contribution in [3.8, 4) is 45.2 Å². The lowest BCUT2D eigenvalue weighted by atomic mass is 9.65. The first kappa shape index (κ1) is 73.4. The zero-order valence-corrected chi connectivity index (χ0v) is 64.2. The van der Waals surface area contributed by atoms with Crippen LogP contribution < -0.4 is 0 Å². The van der Waals surface area contributed by atoms with E-state index in [2.05, 4.69) is 149 Å². The summed E-state index contributed by atoms with van der Waals surface area (Å²) in [5.41, 5.74) is 12.8. The molecule has 0 amide bonds. The highest BCUT2D eigenvalue weighted by Gasteiger charge is 2.55. The van der Waals surface area contributed by atoms with Crippen molar-refractivity contribution < 1.29 is 27.2 Å². The Labute approximate surface area is 644 Å². The number of nitriles is 4. The summed E-state index contributed by atoms with van der Waals surface area (Å²) < 4.78 is 64.5. The molecule has 0 bridgehead atoms. The molecule has 0 fully saturated rings. The van der Waals surface area contributed by atoms with Crippen molar-refractivity contribution in [1.29, 1.82) is 21.0 Å². The predicted octanol–water partition coefficient (Wildman–Crippen LogP) is 26.2. The molecule has 7 aromatic carbocycles. The largest absolute Gasteiger partial charge is 0.289 e. The third-order valence-corrected chi connectivity index (χ3v) is 27.3. The average Bonchev–Trinajstić information content (AvgIpc) is 1.49. The molecule has 11 aromatic rings. The number of hydrogen-bond donors (Lipinski definition) is 0. The van der Waals surface area contributed by atoms with Gasteiger partial charge in [-0.2, -0.15) is 21.0 Å². The standard InChI is InChI=1S/C94H78F4N4O2S4/c1-5-9-13-17-21-55-25-33-61(34-26-55)93(62-35-27-56(28-36-62)22-18-14-10-6-2)75-45-72-76(46-71(75)89-85(93)91-81(107-89)43-65(105-91)41-73-83(59(51-99)52-100)67-47-77(95)79(97)49-69(67)87(73)103)94(63-37-29-57(30-38-63)23-19-15-11-7-3,64-39-31-58(32-40-64)24-20-16-12-8-4)86-90(72)108-82-44-66(106-92(82)86)42-74-84(60(53-101)54-102)68-48-78(96)80(98)50-70(68)88(74)104/h25-50H,5-24H2,1-4H3/b73-41-,74-42?. The first-order valence-electron chi connectivity index (χ1n) is 38.0. The molecule has 108 heavy (non-hydrogen) atoms. The Morgan fingerprint density at radius 2 is 0.648 bits per heavy atom. The summed E-state index contributed by atoms with van der Waals surface area (Å²) >= 11 is 6.40. The lowest BCUT2D eigenvalue weighted by Crippen LogP contribution is -2.30. The van der Waals surface area contributed by atoms with Crippen LogP contribution in [0, 0.1) is 68.6 Å². The molecule has 15 rings (SSSR count). The Morgan fingerprint density at radius 1 is 0.361 bits per heavy atom. The highest BCUT2D eigenvalue weighted by Crippen LogP contribution is 2.68. The van der Waals surface area contributed by atoms with Gasteiger partial charge in [0.15, 0.2) is 34.8 Å². The van der Waals surface area contributed by atoms with Crippen LogP contribution in [0.15, 0.2) is 168 Å². The van der Waals surface area contributed by atoms with E-state index in [1.54, 1.807) is 34.8 Å². The zero-order chi connectivity index (χ0) is 75.1. The van der Waals surface area contributed by atoms with E-state index in [-0.39, 0.29) is 55.7 Å². The Hall–Kier alpha value is -10.2. The van der Waals surface area contributed by atoms with Crippen molar-refractivity contribution >= 4 is 99.0 Å². The second-order valence-corrected chi connectivity index (χ2v) is 33.4. The molecule has 538 valence electrons. The third kappa shape index (κ3) is 12.6. The molecular weight excluding hydrogens is 1420 g/mol. The molecule has 0 unspecified atom stereocenters. The maximum Gasteiger partial charge on any atom is 0.194 e. The molecule has 0 atom stereocenters. The van der Waals surface area contributed by atoms with Gasteiger partial charge in [0, 0.05) is 73.5 Å². The van der Waals surface area contributed by atoms with Crippen molar-refractivity contribution in [3.63, 3.8) is 0 Å². The monoisotopic (exact) mass is 1500 g/mol. The molecule has 14 heteroatoms. The van der Waals surface area contributed by atoms with Crippen molar-refractivity contribution in [2.45, 2.75) is 167 Å². The number of unbranched alkanes of at least 4 members (excludes halogenated alkanes) is 12. The van der Waals surface area contributed by atoms with E-state index in [0.29, 0.717) is 9.75 Å². The van der Waals surface area contributed by atoms with E-state index in [1.165, 1.54) is 44.9 Å². The molecule has 0 N–H and O–H groups in total. The molecule has 6 nitrogen and oxygen atoms in total. The van der Waals surface area contributed by atoms with Crippen LogP contribution in [-0.2, 0) is 36.5 Å². The van der Waals surface area contributed by atoms with Gasteiger partial charge in [-0.05, 0) is 190 Å². The van der Waals surface area contributed by atoms with Gasteiger partial charge in [-0.1, -0.05) is 202 Å². The number of aryl methyl sites for hydroxylation is 4. The molecule has 4 heterocycles. The number of hydrogen-bond acceptors (Lipinski definition) is 10. The number of ketones is 2. The van der Waals surface area contributed by atoms with Crippen LogP contribution in [0.4, 0.5) is 17.6 Å². The van der Waals surface area contributed by atoms with Crippen LogP contribution in [0.1, 0.15) is 239 Å². The number of nitrogens with zero attached hydrogens (tertiary/aromatic N) is 4. The van der Waals surface area contributed by atoms with E-state index in [4.69, 9.17) is 0 Å². The van der Waals surface area contributed by atoms with Crippen molar-refractivity contribution in [1.82, 2.24) is 0 Å². The molecule has 4 aliphatic rings. The van der Waals surface area contributed by atoms with E-state index in [0.717, 1.165) is 237 Å². The highest BCUT2D eigenvalue weighted by atomic mass is 32.1. The smallest absolute Gasteiger partial charge is 0.194 e. The summed E-state index contributed by atoms with van der Waals surface area (Å²) in [6, 6.07) is 57.3. The summed E-state index contributed by atoms with van der Waals surface area (Å²) in [4.78, 5) is 32.7. The van der Waals surface area contributed by atoms with Gasteiger partial charge in [-0.15, -0.1) is 45.3 Å². The van der Waals surface area contributed by atoms with Crippen LogP contribution in [0.25, 0.3) is 63.0 Å². The van der Waals surface area contributed by atoms with Gasteiger partial charge in [-0.3, -0.25) is 9.59 Å². The quantitative estimate of drug-likeness (QED) is 0.0230. The lowest BCUT2D eigenvalue weighted by molar-refractivity contribution is 0.103. The zero-order valence-electron chi connectivity index (χ0n) is 60.9. The fourth-order valence-electron chi connectivity index (χ4n) is 17.2. The third-order valence-electron chi connectivity index (χ3n) is 22.5. The number of carbonyl (C=O) groups is 2. The normalized spacial score (nSPS) is 14.8. The topological polar surface area (TPSA) is 129 Å². The lowest BCUT2D eigenvalue weighted by Gasteiger charge is -2.36. The predicted molar refractivity (Wildman–Crippen MR) is 433 cm³/mol. The summed E-state index contributed by atoms with van der Waals surface area (Å²) in [5.74, 6) is -6.03. The summed E-state index contributed by atoms with van der Waals surface area (Å²) in [5, 5.41) is 41.6. The molecule has 0 saturated carbocycles. The highest BCUT2D eigenvalue weighted by molar-refractivity contribution is 7.31. The Balaban J connectivity index is 1.01. The van der Waals surface area contributed by atoms with Crippen LogP contribution in [0.2, 0.25) is 0 Å². The minimum Gasteiger partial charge on any atom is -0.289 e. The molecule has 4 aromatic heterocycles. The van der Waals surface area contributed by atoms with Crippen molar-refractivity contribution in [2.24, 2.45) is 0 Å². The molecule has 0 radical (unpaired) electrons. The summed E-state index contributed by atoms with van der Waals surface area (Å²) in [6.07, 6.45) is 25.0. The van der Waals surface area contributed by atoms with Gasteiger partial charge < -0.3 is 0 Å². The number of thiophene rings is 4. The minimum atomic E-state index is -1.21. The minimum absolute atomic E-state index is 0.00501. The van der Waals surface area contributed by atoms with E-state index in [1.807, 2.05) is 24.3 Å². The molecular formula is C94H78F4N4O2S4. The number of allylic oxidation sites excluding steroid dienone is 6. The van der Waals surface area contributed by atoms with E-state index >= 15 is 17.6 Å². The van der Waals surface area contributed by atoms with E-state index < -0.39 is 45.7 Å². The number of Topliss-reactive ketones (excluding diaryl/α,β-unsaturated/α-hetero) is 2. The molecule has 0 saturated heterocycles. The first-order chi connectivity index (χ1) is 52.7.